The normalized spacial score (nSPS) is 11.5. The molecule has 0 saturated carbocycles. The standard InChI is InChI=1S/C21H18BrF3N2O3S.BrH/c22-12-15-9-18(27-13-14-5-2-1-3-6-14)20(19(10-15)31(26,28)29)30-17-8-4-7-16(11-17)21(23,24)25;/h1-11,27H,12-13H2,(H2,26,28,29);1H. The minimum Gasteiger partial charge on any atom is -0.454 e. The van der Waals surface area contributed by atoms with Gasteiger partial charge in [0.05, 0.1) is 11.3 Å². The summed E-state index contributed by atoms with van der Waals surface area (Å²) in [5.74, 6) is -0.350. The van der Waals surface area contributed by atoms with Crippen LogP contribution in [0.2, 0.25) is 0 Å². The van der Waals surface area contributed by atoms with E-state index in [0.29, 0.717) is 17.4 Å². The lowest BCUT2D eigenvalue weighted by atomic mass is 10.1. The molecule has 0 bridgehead atoms. The molecule has 5 nitrogen and oxygen atoms in total. The number of anilines is 1. The van der Waals surface area contributed by atoms with Gasteiger partial charge in [0.25, 0.3) is 0 Å². The fourth-order valence-electron chi connectivity index (χ4n) is 2.83. The summed E-state index contributed by atoms with van der Waals surface area (Å²) in [6, 6.07) is 16.4. The summed E-state index contributed by atoms with van der Waals surface area (Å²) < 4.78 is 69.4. The molecule has 0 saturated heterocycles. The Bertz CT molecular complexity index is 1170. The number of ether oxygens (including phenoxy) is 1. The molecule has 3 N–H and O–H groups in total. The highest BCUT2D eigenvalue weighted by Gasteiger charge is 2.31. The lowest BCUT2D eigenvalue weighted by Crippen LogP contribution is -2.15. The predicted octanol–water partition coefficient (Wildman–Crippen LogP) is 6.23. The molecule has 0 fully saturated rings. The van der Waals surface area contributed by atoms with E-state index in [1.165, 1.54) is 18.2 Å². The Morgan fingerprint density at radius 1 is 0.969 bits per heavy atom. The quantitative estimate of drug-likeness (QED) is 0.317. The van der Waals surface area contributed by atoms with E-state index >= 15 is 0 Å². The fourth-order valence-corrected chi connectivity index (χ4v) is 3.88. The van der Waals surface area contributed by atoms with Crippen LogP contribution in [0.3, 0.4) is 0 Å². The summed E-state index contributed by atoms with van der Waals surface area (Å²) in [5.41, 5.74) is 0.866. The van der Waals surface area contributed by atoms with Crippen molar-refractivity contribution < 1.29 is 26.3 Å². The first-order valence-electron chi connectivity index (χ1n) is 8.96. The number of benzene rings is 3. The smallest absolute Gasteiger partial charge is 0.416 e. The Morgan fingerprint density at radius 2 is 1.66 bits per heavy atom. The van der Waals surface area contributed by atoms with Gasteiger partial charge in [0.2, 0.25) is 10.0 Å². The average molecular weight is 596 g/mol. The first kappa shape index (κ1) is 26.2. The number of halogens is 5. The topological polar surface area (TPSA) is 81.4 Å². The maximum Gasteiger partial charge on any atom is 0.416 e. The van der Waals surface area contributed by atoms with Crippen molar-refractivity contribution in [2.24, 2.45) is 5.14 Å². The van der Waals surface area contributed by atoms with Gasteiger partial charge in [0.15, 0.2) is 5.75 Å². The Kier molecular flexibility index (Phi) is 8.74. The molecule has 0 aromatic heterocycles. The summed E-state index contributed by atoms with van der Waals surface area (Å²) in [7, 11) is -4.24. The maximum atomic E-state index is 13.1. The molecule has 0 aliphatic carbocycles. The highest BCUT2D eigenvalue weighted by Crippen LogP contribution is 2.39. The van der Waals surface area contributed by atoms with E-state index in [4.69, 9.17) is 9.88 Å². The summed E-state index contributed by atoms with van der Waals surface area (Å²) in [5, 5.41) is 8.81. The van der Waals surface area contributed by atoms with E-state index in [9.17, 15) is 21.6 Å². The van der Waals surface area contributed by atoms with Crippen LogP contribution in [-0.2, 0) is 28.1 Å². The minimum atomic E-state index is -4.57. The number of sulfonamides is 1. The van der Waals surface area contributed by atoms with Gasteiger partial charge in [0, 0.05) is 11.9 Å². The van der Waals surface area contributed by atoms with Crippen molar-refractivity contribution in [3.05, 3.63) is 83.4 Å². The van der Waals surface area contributed by atoms with Crippen LogP contribution in [0, 0.1) is 0 Å². The molecule has 0 radical (unpaired) electrons. The molecule has 0 amide bonds. The largest absolute Gasteiger partial charge is 0.454 e. The number of hydrogen-bond donors (Lipinski definition) is 2. The van der Waals surface area contributed by atoms with Crippen LogP contribution in [0.15, 0.2) is 71.6 Å². The van der Waals surface area contributed by atoms with Crippen molar-refractivity contribution in [1.82, 2.24) is 0 Å². The van der Waals surface area contributed by atoms with Crippen LogP contribution in [0.1, 0.15) is 16.7 Å². The van der Waals surface area contributed by atoms with Gasteiger partial charge in [-0.15, -0.1) is 17.0 Å². The van der Waals surface area contributed by atoms with E-state index in [1.807, 2.05) is 30.3 Å². The van der Waals surface area contributed by atoms with E-state index in [0.717, 1.165) is 17.7 Å². The Morgan fingerprint density at radius 3 is 2.25 bits per heavy atom. The van der Waals surface area contributed by atoms with Crippen molar-refractivity contribution in [3.8, 4) is 11.5 Å². The summed E-state index contributed by atoms with van der Waals surface area (Å²) in [4.78, 5) is -0.336. The second-order valence-electron chi connectivity index (χ2n) is 6.62. The molecule has 0 heterocycles. The molecule has 3 aromatic rings. The van der Waals surface area contributed by atoms with Crippen LogP contribution in [0.25, 0.3) is 0 Å². The average Bonchev–Trinajstić information content (AvgIpc) is 2.72. The number of rotatable bonds is 7. The van der Waals surface area contributed by atoms with E-state index < -0.39 is 21.8 Å². The molecular weight excluding hydrogens is 577 g/mol. The van der Waals surface area contributed by atoms with Gasteiger partial charge < -0.3 is 10.1 Å². The van der Waals surface area contributed by atoms with Crippen LogP contribution >= 0.6 is 32.9 Å². The minimum absolute atomic E-state index is 0. The molecule has 3 aromatic carbocycles. The lowest BCUT2D eigenvalue weighted by molar-refractivity contribution is -0.137. The lowest BCUT2D eigenvalue weighted by Gasteiger charge is -2.18. The molecule has 11 heteroatoms. The maximum absolute atomic E-state index is 13.1. The molecule has 0 spiro atoms. The predicted molar refractivity (Wildman–Crippen MR) is 126 cm³/mol. The number of alkyl halides is 4. The van der Waals surface area contributed by atoms with Gasteiger partial charge in [0.1, 0.15) is 10.6 Å². The third kappa shape index (κ3) is 6.71. The van der Waals surface area contributed by atoms with Gasteiger partial charge in [-0.1, -0.05) is 52.3 Å². The SMILES string of the molecule is Br.NS(=O)(=O)c1cc(CBr)cc(NCc2ccccc2)c1Oc1cccc(C(F)(F)F)c1. The highest BCUT2D eigenvalue weighted by atomic mass is 79.9. The van der Waals surface area contributed by atoms with Crippen molar-refractivity contribution in [3.63, 3.8) is 0 Å². The van der Waals surface area contributed by atoms with Gasteiger partial charge >= 0.3 is 6.18 Å². The first-order valence-corrected chi connectivity index (χ1v) is 11.6. The zero-order valence-electron chi connectivity index (χ0n) is 16.4. The number of primary sulfonamides is 1. The molecule has 0 aliphatic heterocycles. The van der Waals surface area contributed by atoms with Crippen LogP contribution in [0.4, 0.5) is 18.9 Å². The Labute approximate surface area is 202 Å². The third-order valence-corrected chi connectivity index (χ3v) is 5.85. The molecule has 0 unspecified atom stereocenters. The number of nitrogens with one attached hydrogen (secondary N) is 1. The molecule has 172 valence electrons. The third-order valence-electron chi connectivity index (χ3n) is 4.28. The molecule has 0 aliphatic rings. The van der Waals surface area contributed by atoms with Gasteiger partial charge in [-0.3, -0.25) is 0 Å². The first-order chi connectivity index (χ1) is 14.6. The summed E-state index contributed by atoms with van der Waals surface area (Å²) in [6.45, 7) is 0.329. The second-order valence-corrected chi connectivity index (χ2v) is 8.71. The highest BCUT2D eigenvalue weighted by molar-refractivity contribution is 9.08. The number of nitrogens with two attached hydrogens (primary N) is 1. The van der Waals surface area contributed by atoms with Crippen molar-refractivity contribution in [1.29, 1.82) is 0 Å². The van der Waals surface area contributed by atoms with Crippen LogP contribution in [0.5, 0.6) is 11.5 Å². The summed E-state index contributed by atoms with van der Waals surface area (Å²) in [6.07, 6.45) is -4.57. The monoisotopic (exact) mass is 594 g/mol. The van der Waals surface area contributed by atoms with Crippen LogP contribution in [-0.4, -0.2) is 8.42 Å². The van der Waals surface area contributed by atoms with E-state index in [2.05, 4.69) is 21.2 Å². The van der Waals surface area contributed by atoms with Crippen molar-refractivity contribution in [2.45, 2.75) is 22.9 Å². The summed E-state index contributed by atoms with van der Waals surface area (Å²) >= 11 is 3.28. The molecule has 32 heavy (non-hydrogen) atoms. The van der Waals surface area contributed by atoms with Gasteiger partial charge in [-0.25, -0.2) is 13.6 Å². The van der Waals surface area contributed by atoms with E-state index in [-0.39, 0.29) is 39.1 Å². The van der Waals surface area contributed by atoms with Crippen LogP contribution < -0.4 is 15.2 Å². The Hall–Kier alpha value is -2.08. The zero-order chi connectivity index (χ0) is 22.6. The Balaban J connectivity index is 0.00000363. The van der Waals surface area contributed by atoms with Crippen molar-refractivity contribution in [2.75, 3.05) is 5.32 Å². The second kappa shape index (κ2) is 10.7. The molecular formula is C21H19Br2F3N2O3S. The fraction of sp³-hybridized carbons (Fsp3) is 0.143. The molecule has 0 atom stereocenters. The van der Waals surface area contributed by atoms with E-state index in [1.54, 1.807) is 6.07 Å². The van der Waals surface area contributed by atoms with Gasteiger partial charge in [-0.2, -0.15) is 13.2 Å². The van der Waals surface area contributed by atoms with Gasteiger partial charge in [-0.05, 0) is 41.5 Å². The zero-order valence-corrected chi connectivity index (χ0v) is 20.5. The number of hydrogen-bond acceptors (Lipinski definition) is 4. The molecule has 3 rings (SSSR count). The van der Waals surface area contributed by atoms with Crippen molar-refractivity contribution >= 4 is 48.6 Å².